The third-order valence-corrected chi connectivity index (χ3v) is 4.90. The van der Waals surface area contributed by atoms with Crippen molar-refractivity contribution in [2.24, 2.45) is 11.8 Å². The van der Waals surface area contributed by atoms with E-state index in [1.54, 1.807) is 12.1 Å². The molecule has 21 heavy (non-hydrogen) atoms. The van der Waals surface area contributed by atoms with Gasteiger partial charge in [-0.15, -0.1) is 0 Å². The van der Waals surface area contributed by atoms with Crippen LogP contribution in [0.1, 0.15) is 43.6 Å². The molecule has 2 aliphatic rings. The first-order chi connectivity index (χ1) is 10.2. The number of carbonyl (C=O) groups is 1. The molecule has 2 saturated carbocycles. The molecule has 0 radical (unpaired) electrons. The van der Waals surface area contributed by atoms with Gasteiger partial charge in [-0.2, -0.15) is 0 Å². The summed E-state index contributed by atoms with van der Waals surface area (Å²) in [7, 11) is 0. The number of carbonyl (C=O) groups excluding carboxylic acids is 1. The van der Waals surface area contributed by atoms with Gasteiger partial charge in [0, 0.05) is 24.5 Å². The molecule has 2 aliphatic carbocycles. The maximum atomic E-state index is 12.9. The second-order valence-corrected chi connectivity index (χ2v) is 6.34. The Morgan fingerprint density at radius 1 is 1.24 bits per heavy atom. The summed E-state index contributed by atoms with van der Waals surface area (Å²) < 4.78 is 12.9. The van der Waals surface area contributed by atoms with Crippen molar-refractivity contribution >= 4 is 5.91 Å². The van der Waals surface area contributed by atoms with E-state index in [1.807, 2.05) is 0 Å². The molecule has 1 amide bonds. The molecule has 0 spiro atoms. The first kappa shape index (κ1) is 14.5. The summed E-state index contributed by atoms with van der Waals surface area (Å²) in [5.41, 5.74) is 1.04. The number of halogens is 1. The largest absolute Gasteiger partial charge is 0.396 e. The van der Waals surface area contributed by atoms with E-state index in [9.17, 15) is 14.3 Å². The molecular weight excluding hydrogens is 269 g/mol. The molecular formula is C17H22FNO2. The molecule has 0 bridgehead atoms. The molecule has 0 saturated heterocycles. The van der Waals surface area contributed by atoms with Crippen LogP contribution < -0.4 is 5.32 Å². The Morgan fingerprint density at radius 3 is 2.67 bits per heavy atom. The van der Waals surface area contributed by atoms with Gasteiger partial charge in [-0.05, 0) is 42.9 Å². The first-order valence-corrected chi connectivity index (χ1v) is 7.85. The highest BCUT2D eigenvalue weighted by Crippen LogP contribution is 2.47. The Balaban J connectivity index is 1.56. The molecule has 4 heteroatoms. The fraction of sp³-hybridized carbons (Fsp3) is 0.588. The summed E-state index contributed by atoms with van der Waals surface area (Å²) in [6.45, 7) is 0.150. The fourth-order valence-corrected chi connectivity index (χ4v) is 3.47. The van der Waals surface area contributed by atoms with Gasteiger partial charge in [-0.3, -0.25) is 4.79 Å². The molecule has 4 unspecified atom stereocenters. The van der Waals surface area contributed by atoms with Crippen molar-refractivity contribution in [3.63, 3.8) is 0 Å². The van der Waals surface area contributed by atoms with E-state index in [0.717, 1.165) is 37.7 Å². The molecule has 0 heterocycles. The Labute approximate surface area is 124 Å². The lowest BCUT2D eigenvalue weighted by Gasteiger charge is -2.31. The van der Waals surface area contributed by atoms with Crippen molar-refractivity contribution in [1.82, 2.24) is 5.32 Å². The number of nitrogens with one attached hydrogen (secondary N) is 1. The molecule has 1 aromatic rings. The van der Waals surface area contributed by atoms with E-state index >= 15 is 0 Å². The lowest BCUT2D eigenvalue weighted by molar-refractivity contribution is -0.123. The highest BCUT2D eigenvalue weighted by molar-refractivity contribution is 5.83. The van der Waals surface area contributed by atoms with Gasteiger partial charge < -0.3 is 10.4 Å². The number of amides is 1. The van der Waals surface area contributed by atoms with Gasteiger partial charge in [-0.25, -0.2) is 4.39 Å². The molecule has 0 aromatic heterocycles. The van der Waals surface area contributed by atoms with Crippen molar-refractivity contribution in [1.29, 1.82) is 0 Å². The summed E-state index contributed by atoms with van der Waals surface area (Å²) in [5, 5.41) is 12.5. The number of hydrogen-bond acceptors (Lipinski definition) is 2. The molecule has 114 valence electrons. The van der Waals surface area contributed by atoms with Gasteiger partial charge in [0.05, 0.1) is 0 Å². The van der Waals surface area contributed by atoms with Crippen LogP contribution in [-0.2, 0) is 4.79 Å². The maximum Gasteiger partial charge on any atom is 0.223 e. The SMILES string of the molecule is O=C(NC1CCCCC1CO)C1CC1c1ccc(F)cc1. The number of hydrogen-bond donors (Lipinski definition) is 2. The zero-order valence-electron chi connectivity index (χ0n) is 12.1. The molecule has 3 rings (SSSR count). The Morgan fingerprint density at radius 2 is 1.95 bits per heavy atom. The zero-order valence-corrected chi connectivity index (χ0v) is 12.1. The zero-order chi connectivity index (χ0) is 14.8. The molecule has 2 fully saturated rings. The average Bonchev–Trinajstić information content (AvgIpc) is 3.29. The molecule has 3 nitrogen and oxygen atoms in total. The van der Waals surface area contributed by atoms with Crippen LogP contribution in [0, 0.1) is 17.7 Å². The maximum absolute atomic E-state index is 12.9. The standard InChI is InChI=1S/C17H22FNO2/c18-13-7-5-11(6-8-13)14-9-15(14)17(21)19-16-4-2-1-3-12(16)10-20/h5-8,12,14-16,20H,1-4,9-10H2,(H,19,21). The van der Waals surface area contributed by atoms with Gasteiger partial charge in [0.15, 0.2) is 0 Å². The summed E-state index contributed by atoms with van der Waals surface area (Å²) >= 11 is 0. The minimum Gasteiger partial charge on any atom is -0.396 e. The van der Waals surface area contributed by atoms with Gasteiger partial charge in [0.25, 0.3) is 0 Å². The lowest BCUT2D eigenvalue weighted by Crippen LogP contribution is -2.44. The second-order valence-electron chi connectivity index (χ2n) is 6.34. The summed E-state index contributed by atoms with van der Waals surface area (Å²) in [6, 6.07) is 6.55. The van der Waals surface area contributed by atoms with Crippen LogP contribution in [0.15, 0.2) is 24.3 Å². The lowest BCUT2D eigenvalue weighted by atomic mass is 9.85. The number of aliphatic hydroxyl groups excluding tert-OH is 1. The number of aliphatic hydroxyl groups is 1. The highest BCUT2D eigenvalue weighted by atomic mass is 19.1. The Kier molecular flexibility index (Phi) is 4.24. The van der Waals surface area contributed by atoms with E-state index in [-0.39, 0.29) is 42.1 Å². The van der Waals surface area contributed by atoms with Crippen LogP contribution in [-0.4, -0.2) is 23.7 Å². The number of benzene rings is 1. The molecule has 4 atom stereocenters. The van der Waals surface area contributed by atoms with E-state index in [1.165, 1.54) is 12.1 Å². The monoisotopic (exact) mass is 291 g/mol. The predicted octanol–water partition coefficient (Wildman–Crippen LogP) is 2.60. The van der Waals surface area contributed by atoms with Crippen molar-refractivity contribution in [2.75, 3.05) is 6.61 Å². The average molecular weight is 291 g/mol. The topological polar surface area (TPSA) is 49.3 Å². The Bertz CT molecular complexity index is 502. The second kappa shape index (κ2) is 6.14. The summed E-state index contributed by atoms with van der Waals surface area (Å²) in [5.74, 6) is 0.285. The predicted molar refractivity (Wildman–Crippen MR) is 78.2 cm³/mol. The minimum absolute atomic E-state index is 0.0109. The van der Waals surface area contributed by atoms with E-state index in [0.29, 0.717) is 0 Å². The normalized spacial score (nSPS) is 31.7. The molecule has 0 aliphatic heterocycles. The van der Waals surface area contributed by atoms with Gasteiger partial charge in [0.2, 0.25) is 5.91 Å². The smallest absolute Gasteiger partial charge is 0.223 e. The quantitative estimate of drug-likeness (QED) is 0.896. The van der Waals surface area contributed by atoms with E-state index < -0.39 is 0 Å². The summed E-state index contributed by atoms with van der Waals surface area (Å²) in [6.07, 6.45) is 5.05. The van der Waals surface area contributed by atoms with Crippen molar-refractivity contribution < 1.29 is 14.3 Å². The highest BCUT2D eigenvalue weighted by Gasteiger charge is 2.44. The third-order valence-electron chi connectivity index (χ3n) is 4.90. The molecule has 2 N–H and O–H groups in total. The van der Waals surface area contributed by atoms with Crippen LogP contribution >= 0.6 is 0 Å². The van der Waals surface area contributed by atoms with Crippen LogP contribution in [0.2, 0.25) is 0 Å². The van der Waals surface area contributed by atoms with E-state index in [4.69, 9.17) is 0 Å². The van der Waals surface area contributed by atoms with Crippen LogP contribution in [0.25, 0.3) is 0 Å². The van der Waals surface area contributed by atoms with Crippen LogP contribution in [0.3, 0.4) is 0 Å². The van der Waals surface area contributed by atoms with Gasteiger partial charge in [-0.1, -0.05) is 25.0 Å². The minimum atomic E-state index is -0.242. The van der Waals surface area contributed by atoms with E-state index in [2.05, 4.69) is 5.32 Å². The Hall–Kier alpha value is -1.42. The number of rotatable bonds is 4. The van der Waals surface area contributed by atoms with Gasteiger partial charge >= 0.3 is 0 Å². The fourth-order valence-electron chi connectivity index (χ4n) is 3.47. The van der Waals surface area contributed by atoms with Crippen molar-refractivity contribution in [2.45, 2.75) is 44.1 Å². The van der Waals surface area contributed by atoms with Crippen LogP contribution in [0.4, 0.5) is 4.39 Å². The third kappa shape index (κ3) is 3.26. The molecule has 1 aromatic carbocycles. The van der Waals surface area contributed by atoms with Gasteiger partial charge in [0.1, 0.15) is 5.82 Å². The van der Waals surface area contributed by atoms with Crippen molar-refractivity contribution in [3.05, 3.63) is 35.6 Å². The summed E-state index contributed by atoms with van der Waals surface area (Å²) in [4.78, 5) is 12.3. The first-order valence-electron chi connectivity index (χ1n) is 7.85. The van der Waals surface area contributed by atoms with Crippen LogP contribution in [0.5, 0.6) is 0 Å². The van der Waals surface area contributed by atoms with Crippen molar-refractivity contribution in [3.8, 4) is 0 Å².